The molecule has 3 nitrogen and oxygen atoms in total. The van der Waals surface area contributed by atoms with Crippen LogP contribution in [-0.2, 0) is 6.42 Å². The number of hydrogen-bond acceptors (Lipinski definition) is 3. The molecule has 0 saturated carbocycles. The number of para-hydroxylation sites is 1. The van der Waals surface area contributed by atoms with Crippen molar-refractivity contribution in [2.45, 2.75) is 19.5 Å². The van der Waals surface area contributed by atoms with Crippen molar-refractivity contribution in [1.82, 2.24) is 4.98 Å². The number of aromatic nitrogens is 1. The number of Topliss-reactive ketones (excluding diaryl/α,β-unsaturated/α-hetero) is 1. The summed E-state index contributed by atoms with van der Waals surface area (Å²) in [6.07, 6.45) is -5.61. The molecule has 0 amide bonds. The maximum absolute atomic E-state index is 12.2. The van der Waals surface area contributed by atoms with Gasteiger partial charge in [-0.2, -0.15) is 13.2 Å². The van der Waals surface area contributed by atoms with Crippen LogP contribution in [0.1, 0.15) is 23.2 Å². The summed E-state index contributed by atoms with van der Waals surface area (Å²) < 4.78 is 41.5. The molecule has 0 spiro atoms. The van der Waals surface area contributed by atoms with E-state index in [0.717, 1.165) is 0 Å². The van der Waals surface area contributed by atoms with Gasteiger partial charge in [-0.25, -0.2) is 4.98 Å². The van der Waals surface area contributed by atoms with Crippen LogP contribution in [0.5, 0.6) is 0 Å². The normalized spacial score (nSPS) is 12.0. The molecule has 2 rings (SSSR count). The lowest BCUT2D eigenvalue weighted by Gasteiger charge is -2.00. The molecule has 0 radical (unpaired) electrons. The summed E-state index contributed by atoms with van der Waals surface area (Å²) in [5, 5.41) is 0. The largest absolute Gasteiger partial charge is 0.440 e. The van der Waals surface area contributed by atoms with Crippen molar-refractivity contribution in [3.63, 3.8) is 0 Å². The maximum atomic E-state index is 12.2. The number of carbonyl (C=O) groups is 1. The maximum Gasteiger partial charge on any atom is 0.397 e. The van der Waals surface area contributed by atoms with Crippen LogP contribution in [-0.4, -0.2) is 16.9 Å². The molecule has 1 aromatic carbocycles. The number of carbonyl (C=O) groups excluding carboxylic acids is 1. The Morgan fingerprint density at radius 2 is 2.12 bits per heavy atom. The predicted octanol–water partition coefficient (Wildman–Crippen LogP) is 3.14. The summed E-state index contributed by atoms with van der Waals surface area (Å²) in [6.45, 7) is 1.32. The summed E-state index contributed by atoms with van der Waals surface area (Å²) in [5.74, 6) is -0.702. The van der Waals surface area contributed by atoms with Crippen molar-refractivity contribution in [2.75, 3.05) is 0 Å². The minimum absolute atomic E-state index is 0.110. The first kappa shape index (κ1) is 11.6. The zero-order valence-corrected chi connectivity index (χ0v) is 8.84. The van der Waals surface area contributed by atoms with Crippen LogP contribution in [0, 0.1) is 0 Å². The number of oxazole rings is 1. The van der Waals surface area contributed by atoms with Crippen LogP contribution in [0.15, 0.2) is 22.6 Å². The van der Waals surface area contributed by atoms with Gasteiger partial charge in [0.2, 0.25) is 5.89 Å². The first-order chi connectivity index (χ1) is 7.87. The molecule has 2 aromatic rings. The standard InChI is InChI=1S/C11H8F3NO2/c1-6(16)7-3-2-4-8-10(7)17-9(15-8)5-11(12,13)14/h2-4H,5H2,1H3. The summed E-state index contributed by atoms with van der Waals surface area (Å²) >= 11 is 0. The highest BCUT2D eigenvalue weighted by Crippen LogP contribution is 2.25. The van der Waals surface area contributed by atoms with Crippen molar-refractivity contribution in [2.24, 2.45) is 0 Å². The fourth-order valence-corrected chi connectivity index (χ4v) is 1.52. The van der Waals surface area contributed by atoms with Crippen molar-refractivity contribution in [3.8, 4) is 0 Å². The van der Waals surface area contributed by atoms with E-state index in [-0.39, 0.29) is 22.4 Å². The fourth-order valence-electron chi connectivity index (χ4n) is 1.52. The van der Waals surface area contributed by atoms with E-state index in [0.29, 0.717) is 0 Å². The molecule has 90 valence electrons. The molecule has 1 heterocycles. The number of alkyl halides is 3. The number of ketones is 1. The molecular weight excluding hydrogens is 235 g/mol. The van der Waals surface area contributed by atoms with Crippen LogP contribution in [0.4, 0.5) is 13.2 Å². The van der Waals surface area contributed by atoms with E-state index < -0.39 is 18.5 Å². The van der Waals surface area contributed by atoms with Crippen LogP contribution >= 0.6 is 0 Å². The first-order valence-electron chi connectivity index (χ1n) is 4.83. The molecule has 0 aliphatic carbocycles. The average molecular weight is 243 g/mol. The molecule has 6 heteroatoms. The third-order valence-corrected chi connectivity index (χ3v) is 2.19. The minimum Gasteiger partial charge on any atom is -0.440 e. The Morgan fingerprint density at radius 3 is 2.71 bits per heavy atom. The molecule has 0 unspecified atom stereocenters. The highest BCUT2D eigenvalue weighted by Gasteiger charge is 2.31. The van der Waals surface area contributed by atoms with E-state index in [1.807, 2.05) is 0 Å². The van der Waals surface area contributed by atoms with Crippen LogP contribution < -0.4 is 0 Å². The van der Waals surface area contributed by atoms with Gasteiger partial charge in [-0.3, -0.25) is 4.79 Å². The predicted molar refractivity (Wildman–Crippen MR) is 53.8 cm³/mol. The Bertz CT molecular complexity index is 572. The zero-order chi connectivity index (χ0) is 12.6. The Hall–Kier alpha value is -1.85. The molecule has 1 aromatic heterocycles. The van der Waals surface area contributed by atoms with Crippen LogP contribution in [0.3, 0.4) is 0 Å². The number of fused-ring (bicyclic) bond motifs is 1. The average Bonchev–Trinajstić information content (AvgIpc) is 2.55. The SMILES string of the molecule is CC(=O)c1cccc2nc(CC(F)(F)F)oc12. The van der Waals surface area contributed by atoms with Gasteiger partial charge in [0.1, 0.15) is 11.9 Å². The van der Waals surface area contributed by atoms with E-state index in [1.54, 1.807) is 6.07 Å². The van der Waals surface area contributed by atoms with E-state index in [1.165, 1.54) is 19.1 Å². The number of benzene rings is 1. The Kier molecular flexibility index (Phi) is 2.65. The smallest absolute Gasteiger partial charge is 0.397 e. The molecular formula is C11H8F3NO2. The summed E-state index contributed by atoms with van der Waals surface area (Å²) in [5.41, 5.74) is 0.611. The summed E-state index contributed by atoms with van der Waals surface area (Å²) in [6, 6.07) is 4.55. The Labute approximate surface area is 94.2 Å². The van der Waals surface area contributed by atoms with Gasteiger partial charge in [0.05, 0.1) is 5.56 Å². The molecule has 0 aliphatic heterocycles. The number of halogens is 3. The van der Waals surface area contributed by atoms with Gasteiger partial charge in [0.25, 0.3) is 0 Å². The Balaban J connectivity index is 2.50. The first-order valence-corrected chi connectivity index (χ1v) is 4.83. The van der Waals surface area contributed by atoms with Gasteiger partial charge in [0, 0.05) is 0 Å². The minimum atomic E-state index is -4.38. The van der Waals surface area contributed by atoms with Crippen molar-refractivity contribution in [1.29, 1.82) is 0 Å². The second-order valence-corrected chi connectivity index (χ2v) is 3.61. The van der Waals surface area contributed by atoms with E-state index in [9.17, 15) is 18.0 Å². The lowest BCUT2D eigenvalue weighted by Crippen LogP contribution is -2.11. The topological polar surface area (TPSA) is 43.1 Å². The lowest BCUT2D eigenvalue weighted by molar-refractivity contribution is -0.130. The highest BCUT2D eigenvalue weighted by molar-refractivity contribution is 6.03. The van der Waals surface area contributed by atoms with Crippen LogP contribution in [0.25, 0.3) is 11.1 Å². The molecule has 0 aliphatic rings. The molecule has 0 atom stereocenters. The van der Waals surface area contributed by atoms with Crippen molar-refractivity contribution in [3.05, 3.63) is 29.7 Å². The second kappa shape index (κ2) is 3.87. The molecule has 0 N–H and O–H groups in total. The third-order valence-electron chi connectivity index (χ3n) is 2.19. The third kappa shape index (κ3) is 2.46. The van der Waals surface area contributed by atoms with E-state index in [2.05, 4.69) is 4.98 Å². The van der Waals surface area contributed by atoms with E-state index in [4.69, 9.17) is 4.42 Å². The van der Waals surface area contributed by atoms with Gasteiger partial charge >= 0.3 is 6.18 Å². The molecule has 0 saturated heterocycles. The number of rotatable bonds is 2. The number of hydrogen-bond donors (Lipinski definition) is 0. The second-order valence-electron chi connectivity index (χ2n) is 3.61. The van der Waals surface area contributed by atoms with Crippen molar-refractivity contribution < 1.29 is 22.4 Å². The summed E-state index contributed by atoms with van der Waals surface area (Å²) in [4.78, 5) is 14.9. The Morgan fingerprint density at radius 1 is 1.41 bits per heavy atom. The van der Waals surface area contributed by atoms with Gasteiger partial charge in [-0.1, -0.05) is 6.07 Å². The van der Waals surface area contributed by atoms with Crippen LogP contribution in [0.2, 0.25) is 0 Å². The van der Waals surface area contributed by atoms with Gasteiger partial charge in [0.15, 0.2) is 11.4 Å². The van der Waals surface area contributed by atoms with Gasteiger partial charge < -0.3 is 4.42 Å². The van der Waals surface area contributed by atoms with E-state index >= 15 is 0 Å². The fraction of sp³-hybridized carbons (Fsp3) is 0.273. The van der Waals surface area contributed by atoms with Gasteiger partial charge in [-0.05, 0) is 19.1 Å². The highest BCUT2D eigenvalue weighted by atomic mass is 19.4. The lowest BCUT2D eigenvalue weighted by atomic mass is 10.1. The number of nitrogens with zero attached hydrogens (tertiary/aromatic N) is 1. The summed E-state index contributed by atoms with van der Waals surface area (Å²) in [7, 11) is 0. The molecule has 0 fully saturated rings. The quantitative estimate of drug-likeness (QED) is 0.761. The van der Waals surface area contributed by atoms with Gasteiger partial charge in [-0.15, -0.1) is 0 Å². The monoisotopic (exact) mass is 243 g/mol. The zero-order valence-electron chi connectivity index (χ0n) is 8.84. The molecule has 17 heavy (non-hydrogen) atoms. The molecule has 0 bridgehead atoms. The van der Waals surface area contributed by atoms with Crippen molar-refractivity contribution >= 4 is 16.9 Å².